The van der Waals surface area contributed by atoms with Crippen molar-refractivity contribution in [2.24, 2.45) is 0 Å². The minimum absolute atomic E-state index is 0.0588. The lowest BCUT2D eigenvalue weighted by atomic mass is 9.86. The Morgan fingerprint density at radius 3 is 2.55 bits per heavy atom. The van der Waals surface area contributed by atoms with Gasteiger partial charge in [0, 0.05) is 15.6 Å². The van der Waals surface area contributed by atoms with Gasteiger partial charge in [-0.25, -0.2) is 4.79 Å². The first-order valence-electron chi connectivity index (χ1n) is 6.94. The van der Waals surface area contributed by atoms with Crippen molar-refractivity contribution >= 4 is 21.9 Å². The van der Waals surface area contributed by atoms with E-state index in [0.717, 1.165) is 21.3 Å². The lowest BCUT2D eigenvalue weighted by molar-refractivity contribution is 0.0661. The number of halogens is 1. The molecule has 0 bridgehead atoms. The highest BCUT2D eigenvalue weighted by atomic mass is 79.9. The third kappa shape index (κ3) is 3.71. The molecule has 0 amide bonds. The number of carboxylic acid groups (broad SMARTS) is 1. The Morgan fingerprint density at radius 1 is 1.32 bits per heavy atom. The molecule has 1 N–H and O–H groups in total. The fraction of sp³-hybridized carbons (Fsp3) is 0.353. The van der Waals surface area contributed by atoms with E-state index in [1.807, 2.05) is 18.2 Å². The van der Waals surface area contributed by atoms with Crippen LogP contribution in [-0.2, 0) is 12.0 Å². The smallest absolute Gasteiger partial charge is 0.371 e. The van der Waals surface area contributed by atoms with Gasteiger partial charge in [-0.1, -0.05) is 36.7 Å². The quantitative estimate of drug-likeness (QED) is 0.833. The molecule has 0 radical (unpaired) electrons. The summed E-state index contributed by atoms with van der Waals surface area (Å²) >= 11 is 3.48. The summed E-state index contributed by atoms with van der Waals surface area (Å²) in [6.07, 6.45) is 0. The van der Waals surface area contributed by atoms with Crippen molar-refractivity contribution in [2.75, 3.05) is 0 Å². The third-order valence-electron chi connectivity index (χ3n) is 3.36. The Kier molecular flexibility index (Phi) is 4.66. The normalized spacial score (nSPS) is 11.5. The fourth-order valence-electron chi connectivity index (χ4n) is 2.14. The number of hydrogen-bond acceptors (Lipinski definition) is 3. The summed E-state index contributed by atoms with van der Waals surface area (Å²) in [5.74, 6) is 0.205. The molecular weight excluding hydrogens is 348 g/mol. The zero-order valence-electron chi connectivity index (χ0n) is 13.1. The molecule has 4 nitrogen and oxygen atoms in total. The van der Waals surface area contributed by atoms with Gasteiger partial charge in [0.15, 0.2) is 0 Å². The van der Waals surface area contributed by atoms with Gasteiger partial charge in [0.25, 0.3) is 0 Å². The second-order valence-corrected chi connectivity index (χ2v) is 7.09. The number of carboxylic acids is 1. The monoisotopic (exact) mass is 366 g/mol. The highest BCUT2D eigenvalue weighted by Gasteiger charge is 2.20. The van der Waals surface area contributed by atoms with Gasteiger partial charge >= 0.3 is 5.97 Å². The Hall–Kier alpha value is -1.75. The third-order valence-corrected chi connectivity index (χ3v) is 3.86. The van der Waals surface area contributed by atoms with Gasteiger partial charge in [-0.15, -0.1) is 0 Å². The van der Waals surface area contributed by atoms with Crippen molar-refractivity contribution in [1.29, 1.82) is 0 Å². The predicted octanol–water partition coefficient (Wildman–Crippen LogP) is 4.93. The van der Waals surface area contributed by atoms with E-state index in [4.69, 9.17) is 14.3 Å². The highest BCUT2D eigenvalue weighted by molar-refractivity contribution is 9.10. The van der Waals surface area contributed by atoms with E-state index in [0.29, 0.717) is 5.76 Å². The lowest BCUT2D eigenvalue weighted by Gasteiger charge is -2.23. The molecule has 2 rings (SSSR count). The van der Waals surface area contributed by atoms with Crippen molar-refractivity contribution in [3.05, 3.63) is 51.4 Å². The number of hydrogen-bond donors (Lipinski definition) is 1. The number of carbonyl (C=O) groups is 1. The van der Waals surface area contributed by atoms with Gasteiger partial charge < -0.3 is 14.3 Å². The maximum atomic E-state index is 10.9. The van der Waals surface area contributed by atoms with Crippen molar-refractivity contribution in [3.63, 3.8) is 0 Å². The number of rotatable bonds is 4. The van der Waals surface area contributed by atoms with E-state index in [1.54, 1.807) is 6.92 Å². The summed E-state index contributed by atoms with van der Waals surface area (Å²) in [7, 11) is 0. The summed E-state index contributed by atoms with van der Waals surface area (Å²) in [6.45, 7) is 8.36. The van der Waals surface area contributed by atoms with Crippen LogP contribution in [0.4, 0.5) is 0 Å². The molecule has 0 saturated heterocycles. The SMILES string of the molecule is Cc1oc(C(=O)O)cc1COc1ccc(Br)cc1C(C)(C)C. The van der Waals surface area contributed by atoms with Crippen LogP contribution in [0.3, 0.4) is 0 Å². The predicted molar refractivity (Wildman–Crippen MR) is 87.6 cm³/mol. The first-order chi connectivity index (χ1) is 10.2. The van der Waals surface area contributed by atoms with Crippen LogP contribution in [0.25, 0.3) is 0 Å². The van der Waals surface area contributed by atoms with E-state index >= 15 is 0 Å². The standard InChI is InChI=1S/C17H19BrO4/c1-10-11(7-15(22-10)16(19)20)9-21-14-6-5-12(18)8-13(14)17(2,3)4/h5-8H,9H2,1-4H3,(H,19,20). The van der Waals surface area contributed by atoms with Crippen LogP contribution < -0.4 is 4.74 Å². The molecule has 5 heteroatoms. The van der Waals surface area contributed by atoms with Crippen molar-refractivity contribution in [3.8, 4) is 5.75 Å². The molecule has 0 unspecified atom stereocenters. The van der Waals surface area contributed by atoms with Gasteiger partial charge in [-0.05, 0) is 36.6 Å². The number of ether oxygens (including phenoxy) is 1. The fourth-order valence-corrected chi connectivity index (χ4v) is 2.50. The molecule has 0 aliphatic heterocycles. The van der Waals surface area contributed by atoms with Crippen LogP contribution in [0.15, 0.2) is 33.2 Å². The molecule has 118 valence electrons. The summed E-state index contributed by atoms with van der Waals surface area (Å²) in [4.78, 5) is 10.9. The topological polar surface area (TPSA) is 59.7 Å². The van der Waals surface area contributed by atoms with Crippen LogP contribution in [0.1, 0.15) is 48.2 Å². The number of aromatic carboxylic acids is 1. The zero-order valence-corrected chi connectivity index (χ0v) is 14.7. The molecule has 0 fully saturated rings. The van der Waals surface area contributed by atoms with Gasteiger partial charge in [-0.3, -0.25) is 0 Å². The highest BCUT2D eigenvalue weighted by Crippen LogP contribution is 2.34. The van der Waals surface area contributed by atoms with Crippen LogP contribution in [-0.4, -0.2) is 11.1 Å². The van der Waals surface area contributed by atoms with Crippen molar-refractivity contribution in [2.45, 2.75) is 39.7 Å². The second kappa shape index (κ2) is 6.16. The van der Waals surface area contributed by atoms with E-state index in [1.165, 1.54) is 6.07 Å². The van der Waals surface area contributed by atoms with Crippen LogP contribution in [0.5, 0.6) is 5.75 Å². The molecule has 0 saturated carbocycles. The van der Waals surface area contributed by atoms with Crippen molar-refractivity contribution in [1.82, 2.24) is 0 Å². The van der Waals surface area contributed by atoms with Crippen LogP contribution in [0.2, 0.25) is 0 Å². The maximum absolute atomic E-state index is 10.9. The Labute approximate surface area is 138 Å². The Morgan fingerprint density at radius 2 is 2.00 bits per heavy atom. The molecule has 2 aromatic rings. The van der Waals surface area contributed by atoms with Crippen LogP contribution >= 0.6 is 15.9 Å². The molecule has 0 aliphatic rings. The average Bonchev–Trinajstić information content (AvgIpc) is 2.78. The van der Waals surface area contributed by atoms with E-state index < -0.39 is 5.97 Å². The summed E-state index contributed by atoms with van der Waals surface area (Å²) in [6, 6.07) is 7.39. The first kappa shape index (κ1) is 16.6. The average molecular weight is 367 g/mol. The van der Waals surface area contributed by atoms with Gasteiger partial charge in [0.2, 0.25) is 5.76 Å². The van der Waals surface area contributed by atoms with Gasteiger partial charge in [-0.2, -0.15) is 0 Å². The maximum Gasteiger partial charge on any atom is 0.371 e. The zero-order chi connectivity index (χ0) is 16.5. The number of aryl methyl sites for hydroxylation is 1. The first-order valence-corrected chi connectivity index (χ1v) is 7.73. The summed E-state index contributed by atoms with van der Waals surface area (Å²) in [5.41, 5.74) is 1.76. The molecule has 1 aromatic carbocycles. The van der Waals surface area contributed by atoms with Gasteiger partial charge in [0.1, 0.15) is 18.1 Å². The molecule has 0 atom stereocenters. The molecule has 0 spiro atoms. The largest absolute Gasteiger partial charge is 0.488 e. The minimum atomic E-state index is -1.08. The summed E-state index contributed by atoms with van der Waals surface area (Å²) < 4.78 is 12.1. The molecule has 1 aromatic heterocycles. The number of furan rings is 1. The molecule has 22 heavy (non-hydrogen) atoms. The molecule has 1 heterocycles. The van der Waals surface area contributed by atoms with Crippen molar-refractivity contribution < 1.29 is 19.1 Å². The molecular formula is C17H19BrO4. The summed E-state index contributed by atoms with van der Waals surface area (Å²) in [5, 5.41) is 8.95. The number of benzene rings is 1. The second-order valence-electron chi connectivity index (χ2n) is 6.18. The Bertz CT molecular complexity index is 695. The minimum Gasteiger partial charge on any atom is -0.488 e. The van der Waals surface area contributed by atoms with Crippen LogP contribution in [0, 0.1) is 6.92 Å². The van der Waals surface area contributed by atoms with Gasteiger partial charge in [0.05, 0.1) is 0 Å². The van der Waals surface area contributed by atoms with E-state index in [2.05, 4.69) is 36.7 Å². The molecule has 0 aliphatic carbocycles. The van der Waals surface area contributed by atoms with E-state index in [9.17, 15) is 4.79 Å². The lowest BCUT2D eigenvalue weighted by Crippen LogP contribution is -2.13. The Balaban J connectivity index is 2.24. The van der Waals surface area contributed by atoms with E-state index in [-0.39, 0.29) is 17.8 Å².